The van der Waals surface area contributed by atoms with Crippen LogP contribution in [0.5, 0.6) is 0 Å². The van der Waals surface area contributed by atoms with Gasteiger partial charge in [-0.25, -0.2) is 0 Å². The van der Waals surface area contributed by atoms with Crippen LogP contribution in [-0.2, 0) is 9.59 Å². The van der Waals surface area contributed by atoms with Gasteiger partial charge in [-0.2, -0.15) is 0 Å². The van der Waals surface area contributed by atoms with Gasteiger partial charge in [0.15, 0.2) is 0 Å². The van der Waals surface area contributed by atoms with Gasteiger partial charge in [-0.05, 0) is 12.8 Å². The molecule has 0 radical (unpaired) electrons. The van der Waals surface area contributed by atoms with Crippen molar-refractivity contribution in [2.24, 2.45) is 10.8 Å². The maximum absolute atomic E-state index is 10.3. The Morgan fingerprint density at radius 1 is 0.789 bits per heavy atom. The monoisotopic (exact) mass is 282 g/mol. The van der Waals surface area contributed by atoms with E-state index in [-0.39, 0.29) is 23.1 Å². The van der Waals surface area contributed by atoms with Crippen LogP contribution in [0, 0.1) is 10.8 Å². The Balaban J connectivity index is -0.000000256. The van der Waals surface area contributed by atoms with E-state index in [1.54, 1.807) is 27.7 Å². The molecule has 19 heavy (non-hydrogen) atoms. The summed E-state index contributed by atoms with van der Waals surface area (Å²) in [6.07, 6.45) is 3.16. The molecule has 0 saturated heterocycles. The average Bonchev–Trinajstić information content (AvgIpc) is 2.17. The number of hydrogen-bond acceptors (Lipinski definition) is 4. The van der Waals surface area contributed by atoms with Gasteiger partial charge in [0, 0.05) is 22.8 Å². The molecule has 0 aromatic carbocycles. The molecule has 0 aliphatic carbocycles. The third-order valence-electron chi connectivity index (χ3n) is 2.86. The molecule has 0 aliphatic heterocycles. The molecule has 108 valence electrons. The first-order valence-corrected chi connectivity index (χ1v) is 6.44. The first-order chi connectivity index (χ1) is 8.01. The summed E-state index contributed by atoms with van der Waals surface area (Å²) in [5.74, 6) is -1.91. The summed E-state index contributed by atoms with van der Waals surface area (Å²) in [7, 11) is 0. The second-order valence-corrected chi connectivity index (χ2v) is 5.84. The number of hydrogen-bond donors (Lipinski definition) is 0. The van der Waals surface area contributed by atoms with E-state index in [1.165, 1.54) is 0 Å². The van der Waals surface area contributed by atoms with Crippen LogP contribution >= 0.6 is 0 Å². The molecule has 0 heterocycles. The molecule has 0 unspecified atom stereocenters. The fraction of sp³-hybridized carbons (Fsp3) is 0.857. The smallest absolute Gasteiger partial charge is 0.550 e. The minimum Gasteiger partial charge on any atom is -0.550 e. The van der Waals surface area contributed by atoms with Crippen molar-refractivity contribution in [1.29, 1.82) is 0 Å². The van der Waals surface area contributed by atoms with Crippen LogP contribution in [0.15, 0.2) is 0 Å². The van der Waals surface area contributed by atoms with Crippen LogP contribution in [0.25, 0.3) is 0 Å². The minimum atomic E-state index is -0.954. The van der Waals surface area contributed by atoms with Crippen molar-refractivity contribution in [3.05, 3.63) is 0 Å². The van der Waals surface area contributed by atoms with Crippen molar-refractivity contribution in [3.63, 3.8) is 0 Å². The summed E-state index contributed by atoms with van der Waals surface area (Å²) in [4.78, 5) is 20.6. The van der Waals surface area contributed by atoms with E-state index in [9.17, 15) is 19.8 Å². The molecule has 0 fully saturated rings. The number of carbonyl (C=O) groups is 2. The van der Waals surface area contributed by atoms with Gasteiger partial charge >= 0.3 is 23.1 Å². The molecule has 4 nitrogen and oxygen atoms in total. The predicted octanol–water partition coefficient (Wildman–Crippen LogP) is 0.744. The Bertz CT molecular complexity index is 245. The molecule has 0 aliphatic rings. The summed E-state index contributed by atoms with van der Waals surface area (Å²) in [6, 6.07) is 0. The topological polar surface area (TPSA) is 80.3 Å². The Morgan fingerprint density at radius 2 is 1.00 bits per heavy atom. The summed E-state index contributed by atoms with van der Waals surface area (Å²) >= 11 is 0. The van der Waals surface area contributed by atoms with E-state index >= 15 is 0 Å². The zero-order valence-corrected chi connectivity index (χ0v) is 14.6. The number of carboxylic acid groups (broad SMARTS) is 2. The molecule has 0 aromatic heterocycles. The van der Waals surface area contributed by atoms with Crippen LogP contribution in [-0.4, -0.2) is 35.0 Å². The van der Waals surface area contributed by atoms with Crippen molar-refractivity contribution in [2.45, 2.75) is 67.2 Å². The van der Waals surface area contributed by atoms with Crippen molar-refractivity contribution in [3.8, 4) is 0 Å². The van der Waals surface area contributed by atoms with E-state index in [4.69, 9.17) is 0 Å². The second kappa shape index (κ2) is 10.5. The standard InChI is InChI=1S/2C7H14O2.Mg/c2*1-4-5-7(2,3)6(8)9;/h2*4-5H2,1-3H3,(H,8,9);/q;;+2/p-2. The van der Waals surface area contributed by atoms with Crippen LogP contribution in [0.1, 0.15) is 67.2 Å². The fourth-order valence-electron chi connectivity index (χ4n) is 1.45. The Morgan fingerprint density at radius 3 is 1.05 bits per heavy atom. The summed E-state index contributed by atoms with van der Waals surface area (Å²) in [6.45, 7) is 10.7. The third kappa shape index (κ3) is 11.2. The molecule has 0 aromatic rings. The maximum Gasteiger partial charge on any atom is 2.00 e. The molecule has 0 rings (SSSR count). The normalized spacial score (nSPS) is 10.8. The van der Waals surface area contributed by atoms with Crippen LogP contribution in [0.3, 0.4) is 0 Å². The summed E-state index contributed by atoms with van der Waals surface area (Å²) in [5.41, 5.74) is -1.29. The molecule has 5 heteroatoms. The molecule has 0 saturated carbocycles. The molecule has 0 atom stereocenters. The number of carbonyl (C=O) groups excluding carboxylic acids is 2. The quantitative estimate of drug-likeness (QED) is 0.673. The minimum absolute atomic E-state index is 0. The first kappa shape index (κ1) is 23.8. The second-order valence-electron chi connectivity index (χ2n) is 5.84. The molecule has 0 spiro atoms. The van der Waals surface area contributed by atoms with Gasteiger partial charge in [0.25, 0.3) is 0 Å². The molecular weight excluding hydrogens is 256 g/mol. The number of carboxylic acids is 2. The molecule has 0 amide bonds. The predicted molar refractivity (Wildman–Crippen MR) is 73.1 cm³/mol. The average molecular weight is 283 g/mol. The van der Waals surface area contributed by atoms with E-state index in [0.29, 0.717) is 12.8 Å². The van der Waals surface area contributed by atoms with Gasteiger partial charge in [0.2, 0.25) is 0 Å². The number of rotatable bonds is 6. The van der Waals surface area contributed by atoms with E-state index in [2.05, 4.69) is 0 Å². The van der Waals surface area contributed by atoms with Gasteiger partial charge in [-0.1, -0.05) is 54.4 Å². The van der Waals surface area contributed by atoms with Crippen LogP contribution in [0.4, 0.5) is 0 Å². The van der Waals surface area contributed by atoms with Crippen molar-refractivity contribution in [2.75, 3.05) is 0 Å². The third-order valence-corrected chi connectivity index (χ3v) is 2.86. The summed E-state index contributed by atoms with van der Waals surface area (Å²) < 4.78 is 0. The van der Waals surface area contributed by atoms with Crippen molar-refractivity contribution < 1.29 is 19.8 Å². The maximum atomic E-state index is 10.3. The van der Waals surface area contributed by atoms with Gasteiger partial charge < -0.3 is 19.8 Å². The van der Waals surface area contributed by atoms with Gasteiger partial charge in [0.1, 0.15) is 0 Å². The van der Waals surface area contributed by atoms with Gasteiger partial charge in [0.05, 0.1) is 0 Å². The summed E-state index contributed by atoms with van der Waals surface area (Å²) in [5, 5.41) is 20.6. The molecular formula is C14H26MgO4. The van der Waals surface area contributed by atoms with Crippen molar-refractivity contribution in [1.82, 2.24) is 0 Å². The molecule has 0 bridgehead atoms. The first-order valence-electron chi connectivity index (χ1n) is 6.44. The van der Waals surface area contributed by atoms with Crippen molar-refractivity contribution >= 4 is 35.0 Å². The fourth-order valence-corrected chi connectivity index (χ4v) is 1.45. The van der Waals surface area contributed by atoms with Gasteiger partial charge in [-0.15, -0.1) is 0 Å². The molecule has 0 N–H and O–H groups in total. The van der Waals surface area contributed by atoms with Gasteiger partial charge in [-0.3, -0.25) is 0 Å². The largest absolute Gasteiger partial charge is 2.00 e. The van der Waals surface area contributed by atoms with E-state index in [0.717, 1.165) is 12.8 Å². The zero-order chi connectivity index (χ0) is 15.0. The van der Waals surface area contributed by atoms with E-state index in [1.807, 2.05) is 13.8 Å². The Hall–Kier alpha value is -0.294. The Kier molecular flexibility index (Phi) is 13.1. The zero-order valence-electron chi connectivity index (χ0n) is 13.2. The van der Waals surface area contributed by atoms with E-state index < -0.39 is 22.8 Å². The number of aliphatic carboxylic acids is 2. The van der Waals surface area contributed by atoms with Crippen LogP contribution in [0.2, 0.25) is 0 Å². The SMILES string of the molecule is CCCC(C)(C)C(=O)[O-].CCCC(C)(C)C(=O)[O-].[Mg+2]. The Labute approximate surface area is 133 Å². The van der Waals surface area contributed by atoms with Crippen LogP contribution < -0.4 is 10.2 Å².